The predicted octanol–water partition coefficient (Wildman–Crippen LogP) is 3.46. The van der Waals surface area contributed by atoms with E-state index in [1.165, 1.54) is 7.11 Å². The van der Waals surface area contributed by atoms with Gasteiger partial charge < -0.3 is 4.74 Å². The van der Waals surface area contributed by atoms with Crippen molar-refractivity contribution in [3.63, 3.8) is 0 Å². The van der Waals surface area contributed by atoms with Crippen LogP contribution in [0.1, 0.15) is 28.0 Å². The third-order valence-corrected chi connectivity index (χ3v) is 3.36. The van der Waals surface area contributed by atoms with E-state index in [4.69, 9.17) is 0 Å². The quantitative estimate of drug-likeness (QED) is 0.613. The molecular weight excluding hydrogens is 352 g/mol. The van der Waals surface area contributed by atoms with Crippen molar-refractivity contribution >= 4 is 37.8 Å². The normalized spacial score (nSPS) is 10.6. The van der Waals surface area contributed by atoms with Crippen LogP contribution in [-0.4, -0.2) is 18.1 Å². The summed E-state index contributed by atoms with van der Waals surface area (Å²) in [7, 11) is 1.21. The van der Waals surface area contributed by atoms with Crippen LogP contribution < -0.4 is 0 Å². The molecule has 0 N–H and O–H groups in total. The van der Waals surface area contributed by atoms with Gasteiger partial charge in [-0.1, -0.05) is 15.9 Å². The molecule has 0 spiro atoms. The van der Waals surface area contributed by atoms with Gasteiger partial charge >= 0.3 is 5.97 Å². The number of halogens is 4. The van der Waals surface area contributed by atoms with Crippen LogP contribution >= 0.6 is 31.9 Å². The number of carbonyl (C=O) groups is 1. The van der Waals surface area contributed by atoms with Crippen LogP contribution in [0.2, 0.25) is 0 Å². The van der Waals surface area contributed by atoms with Gasteiger partial charge in [-0.15, -0.1) is 0 Å². The lowest BCUT2D eigenvalue weighted by atomic mass is 10.1. The van der Waals surface area contributed by atoms with Crippen LogP contribution in [0, 0.1) is 0 Å². The highest BCUT2D eigenvalue weighted by atomic mass is 79.9. The Hall–Kier alpha value is -0.560. The van der Waals surface area contributed by atoms with E-state index in [0.29, 0.717) is 0 Å². The van der Waals surface area contributed by atoms with Crippen molar-refractivity contribution < 1.29 is 18.3 Å². The average molecular weight is 359 g/mol. The van der Waals surface area contributed by atoms with E-state index in [1.807, 2.05) is 0 Å². The van der Waals surface area contributed by atoms with Gasteiger partial charge in [0, 0.05) is 21.6 Å². The lowest BCUT2D eigenvalue weighted by Crippen LogP contribution is -2.08. The lowest BCUT2D eigenvalue weighted by Gasteiger charge is -2.10. The maximum Gasteiger partial charge on any atom is 0.340 e. The summed E-state index contributed by atoms with van der Waals surface area (Å²) in [6.45, 7) is 0. The number of carbonyl (C=O) groups excluding carboxylic acids is 1. The van der Waals surface area contributed by atoms with Gasteiger partial charge in [0.25, 0.3) is 6.43 Å². The third kappa shape index (κ3) is 2.57. The number of hydrogen-bond acceptors (Lipinski definition) is 3. The number of methoxy groups -OCH3 is 1. The van der Waals surface area contributed by atoms with Crippen LogP contribution in [0.3, 0.4) is 0 Å². The van der Waals surface area contributed by atoms with E-state index in [9.17, 15) is 13.6 Å². The van der Waals surface area contributed by atoms with Crippen molar-refractivity contribution in [2.75, 3.05) is 7.11 Å². The Morgan fingerprint density at radius 3 is 2.69 bits per heavy atom. The molecule has 1 aromatic heterocycles. The molecule has 0 radical (unpaired) electrons. The molecule has 0 aromatic carbocycles. The molecule has 0 unspecified atom stereocenters. The average Bonchev–Trinajstić information content (AvgIpc) is 2.27. The summed E-state index contributed by atoms with van der Waals surface area (Å²) >= 11 is 6.18. The fraction of sp³-hybridized carbons (Fsp3) is 0.333. The molecule has 0 aliphatic rings. The highest BCUT2D eigenvalue weighted by Gasteiger charge is 2.21. The first-order chi connectivity index (χ1) is 7.52. The zero-order chi connectivity index (χ0) is 12.3. The molecule has 1 heterocycles. The summed E-state index contributed by atoms with van der Waals surface area (Å²) < 4.78 is 30.0. The SMILES string of the molecule is COC(=O)c1cnc(C(F)F)c(CBr)c1Br. The van der Waals surface area contributed by atoms with Crippen molar-refractivity contribution in [2.45, 2.75) is 11.8 Å². The van der Waals surface area contributed by atoms with Gasteiger partial charge in [-0.3, -0.25) is 4.98 Å². The molecule has 0 saturated carbocycles. The molecule has 7 heteroatoms. The van der Waals surface area contributed by atoms with Crippen LogP contribution in [0.15, 0.2) is 10.7 Å². The molecule has 0 atom stereocenters. The molecule has 0 aliphatic heterocycles. The Bertz CT molecular complexity index is 413. The number of esters is 1. The smallest absolute Gasteiger partial charge is 0.340 e. The summed E-state index contributed by atoms with van der Waals surface area (Å²) in [6.07, 6.45) is -1.61. The van der Waals surface area contributed by atoms with Crippen molar-refractivity contribution in [1.82, 2.24) is 4.98 Å². The fourth-order valence-electron chi connectivity index (χ4n) is 1.11. The van der Waals surface area contributed by atoms with Crippen molar-refractivity contribution in [2.24, 2.45) is 0 Å². The Morgan fingerprint density at radius 1 is 1.62 bits per heavy atom. The monoisotopic (exact) mass is 357 g/mol. The minimum Gasteiger partial charge on any atom is -0.465 e. The van der Waals surface area contributed by atoms with Crippen LogP contribution in [0.25, 0.3) is 0 Å². The molecule has 88 valence electrons. The second kappa shape index (κ2) is 5.67. The standard InChI is InChI=1S/C9H7Br2F2NO2/c1-16-9(15)5-3-14-7(8(12)13)4(2-10)6(5)11/h3,8H,2H2,1H3. The number of aromatic nitrogens is 1. The third-order valence-electron chi connectivity index (χ3n) is 1.89. The van der Waals surface area contributed by atoms with Crippen LogP contribution in [-0.2, 0) is 10.1 Å². The summed E-state index contributed by atoms with van der Waals surface area (Å²) in [4.78, 5) is 14.9. The van der Waals surface area contributed by atoms with Gasteiger partial charge in [-0.2, -0.15) is 0 Å². The summed E-state index contributed by atoms with van der Waals surface area (Å²) in [5, 5.41) is 0.172. The van der Waals surface area contributed by atoms with Crippen LogP contribution in [0.4, 0.5) is 8.78 Å². The number of ether oxygens (including phenoxy) is 1. The Balaban J connectivity index is 3.34. The van der Waals surface area contributed by atoms with E-state index in [0.717, 1.165) is 6.20 Å². The highest BCUT2D eigenvalue weighted by molar-refractivity contribution is 9.10. The molecule has 0 bridgehead atoms. The second-order valence-electron chi connectivity index (χ2n) is 2.78. The maximum absolute atomic E-state index is 12.6. The molecule has 1 rings (SSSR count). The van der Waals surface area contributed by atoms with Gasteiger partial charge in [0.15, 0.2) is 0 Å². The minimum absolute atomic E-state index is 0.126. The first-order valence-electron chi connectivity index (χ1n) is 4.12. The minimum atomic E-state index is -2.68. The molecule has 0 fully saturated rings. The predicted molar refractivity (Wildman–Crippen MR) is 60.9 cm³/mol. The lowest BCUT2D eigenvalue weighted by molar-refractivity contribution is 0.0598. The van der Waals surface area contributed by atoms with Gasteiger partial charge in [0.05, 0.1) is 12.7 Å². The Labute approximate surface area is 107 Å². The topological polar surface area (TPSA) is 39.2 Å². The van der Waals surface area contributed by atoms with Gasteiger partial charge in [0.1, 0.15) is 5.69 Å². The van der Waals surface area contributed by atoms with E-state index < -0.39 is 12.4 Å². The van der Waals surface area contributed by atoms with Crippen molar-refractivity contribution in [3.8, 4) is 0 Å². The summed E-state index contributed by atoms with van der Waals surface area (Å²) in [5.41, 5.74) is 0.0238. The Morgan fingerprint density at radius 2 is 2.25 bits per heavy atom. The number of nitrogens with zero attached hydrogens (tertiary/aromatic N) is 1. The number of rotatable bonds is 3. The molecule has 1 aromatic rings. The first-order valence-corrected chi connectivity index (χ1v) is 6.04. The maximum atomic E-state index is 12.6. The zero-order valence-corrected chi connectivity index (χ0v) is 11.3. The van der Waals surface area contributed by atoms with E-state index in [1.54, 1.807) is 0 Å². The molecule has 0 aliphatic carbocycles. The second-order valence-corrected chi connectivity index (χ2v) is 4.13. The van der Waals surface area contributed by atoms with E-state index in [-0.39, 0.29) is 26.6 Å². The number of pyridine rings is 1. The molecule has 3 nitrogen and oxygen atoms in total. The number of hydrogen-bond donors (Lipinski definition) is 0. The fourth-order valence-corrected chi connectivity index (χ4v) is 2.66. The van der Waals surface area contributed by atoms with E-state index in [2.05, 4.69) is 41.6 Å². The molecular formula is C9H7Br2F2NO2. The van der Waals surface area contributed by atoms with Crippen molar-refractivity contribution in [3.05, 3.63) is 27.5 Å². The molecule has 16 heavy (non-hydrogen) atoms. The highest BCUT2D eigenvalue weighted by Crippen LogP contribution is 2.31. The summed E-state index contributed by atoms with van der Waals surface area (Å²) in [6, 6.07) is 0. The zero-order valence-electron chi connectivity index (χ0n) is 8.14. The molecule has 0 amide bonds. The van der Waals surface area contributed by atoms with Crippen LogP contribution in [0.5, 0.6) is 0 Å². The largest absolute Gasteiger partial charge is 0.465 e. The van der Waals surface area contributed by atoms with Gasteiger partial charge in [-0.25, -0.2) is 13.6 Å². The molecule has 0 saturated heterocycles. The van der Waals surface area contributed by atoms with Crippen molar-refractivity contribution in [1.29, 1.82) is 0 Å². The Kier molecular flexibility index (Phi) is 4.79. The number of alkyl halides is 3. The van der Waals surface area contributed by atoms with E-state index >= 15 is 0 Å². The first kappa shape index (κ1) is 13.5. The summed E-state index contributed by atoms with van der Waals surface area (Å²) in [5.74, 6) is -0.623. The van der Waals surface area contributed by atoms with Gasteiger partial charge in [-0.05, 0) is 15.9 Å². The van der Waals surface area contributed by atoms with Gasteiger partial charge in [0.2, 0.25) is 0 Å².